The van der Waals surface area contributed by atoms with Crippen LogP contribution in [0.25, 0.3) is 0 Å². The number of carbonyl (C=O) groups excluding carboxylic acids is 1. The summed E-state index contributed by atoms with van der Waals surface area (Å²) in [6.45, 7) is -0.330. The molecule has 0 atom stereocenters. The van der Waals surface area contributed by atoms with Crippen LogP contribution >= 0.6 is 23.7 Å². The number of ether oxygens (including phenoxy) is 1. The summed E-state index contributed by atoms with van der Waals surface area (Å²) in [7, 11) is 0. The molecule has 1 amide bonds. The quantitative estimate of drug-likeness (QED) is 0.791. The van der Waals surface area contributed by atoms with Crippen LogP contribution in [0.3, 0.4) is 0 Å². The number of hydrogen-bond donors (Lipinski definition) is 2. The van der Waals surface area contributed by atoms with Crippen molar-refractivity contribution < 1.29 is 18.3 Å². The van der Waals surface area contributed by atoms with Gasteiger partial charge in [-0.2, -0.15) is 8.78 Å². The van der Waals surface area contributed by atoms with Crippen molar-refractivity contribution in [1.29, 1.82) is 0 Å². The minimum Gasteiger partial charge on any atom is -0.433 e. The number of rotatable bonds is 6. The van der Waals surface area contributed by atoms with Gasteiger partial charge >= 0.3 is 6.61 Å². The Balaban J connectivity index is 0.00000289. The Morgan fingerprint density at radius 2 is 2.28 bits per heavy atom. The first-order valence-corrected chi connectivity index (χ1v) is 5.89. The Morgan fingerprint density at radius 3 is 2.83 bits per heavy atom. The van der Waals surface area contributed by atoms with Gasteiger partial charge in [-0.1, -0.05) is 0 Å². The van der Waals surface area contributed by atoms with Gasteiger partial charge in [0.2, 0.25) is 0 Å². The molecule has 0 aliphatic heterocycles. The number of amides is 1. The van der Waals surface area contributed by atoms with Crippen LogP contribution in [0.5, 0.6) is 5.75 Å². The molecular formula is C10H15ClF2N2O2S. The van der Waals surface area contributed by atoms with Gasteiger partial charge < -0.3 is 15.8 Å². The Labute approximate surface area is 114 Å². The molecule has 104 valence electrons. The molecule has 0 saturated carbocycles. The van der Waals surface area contributed by atoms with E-state index in [0.29, 0.717) is 19.5 Å². The molecule has 0 bridgehead atoms. The summed E-state index contributed by atoms with van der Waals surface area (Å²) in [6, 6.07) is 1.43. The summed E-state index contributed by atoms with van der Waals surface area (Å²) in [5, 5.41) is 2.59. The van der Waals surface area contributed by atoms with E-state index in [9.17, 15) is 13.6 Å². The Hall–Kier alpha value is -0.920. The third-order valence-corrected chi connectivity index (χ3v) is 2.94. The molecule has 0 radical (unpaired) electrons. The molecule has 8 heteroatoms. The van der Waals surface area contributed by atoms with Gasteiger partial charge in [0.25, 0.3) is 5.91 Å². The number of aryl methyl sites for hydroxylation is 1. The second-order valence-electron chi connectivity index (χ2n) is 3.33. The van der Waals surface area contributed by atoms with Crippen LogP contribution in [0.15, 0.2) is 6.07 Å². The van der Waals surface area contributed by atoms with E-state index in [-0.39, 0.29) is 23.0 Å². The van der Waals surface area contributed by atoms with Gasteiger partial charge in [0, 0.05) is 11.4 Å². The van der Waals surface area contributed by atoms with Gasteiger partial charge in [0.15, 0.2) is 0 Å². The van der Waals surface area contributed by atoms with Gasteiger partial charge in [-0.25, -0.2) is 0 Å². The minimum absolute atomic E-state index is 0. The van der Waals surface area contributed by atoms with E-state index in [1.54, 1.807) is 6.92 Å². The number of carbonyl (C=O) groups is 1. The summed E-state index contributed by atoms with van der Waals surface area (Å²) in [6.07, 6.45) is 0.640. The van der Waals surface area contributed by atoms with Crippen LogP contribution in [-0.2, 0) is 0 Å². The van der Waals surface area contributed by atoms with Crippen molar-refractivity contribution in [2.45, 2.75) is 20.0 Å². The lowest BCUT2D eigenvalue weighted by atomic mass is 10.3. The Bertz CT molecular complexity index is 388. The smallest absolute Gasteiger partial charge is 0.387 e. The van der Waals surface area contributed by atoms with E-state index in [1.807, 2.05) is 0 Å². The SMILES string of the molecule is Cc1cc(OC(F)F)c(C(=O)NCCCN)s1.Cl. The van der Waals surface area contributed by atoms with Crippen molar-refractivity contribution in [3.8, 4) is 5.75 Å². The number of thiophene rings is 1. The first kappa shape index (κ1) is 17.1. The lowest BCUT2D eigenvalue weighted by molar-refractivity contribution is -0.0498. The predicted molar refractivity (Wildman–Crippen MR) is 68.9 cm³/mol. The highest BCUT2D eigenvalue weighted by Crippen LogP contribution is 2.29. The molecule has 1 heterocycles. The Morgan fingerprint density at radius 1 is 1.61 bits per heavy atom. The van der Waals surface area contributed by atoms with Gasteiger partial charge in [-0.3, -0.25) is 4.79 Å². The molecule has 0 aliphatic carbocycles. The van der Waals surface area contributed by atoms with Crippen LogP contribution in [0, 0.1) is 6.92 Å². The summed E-state index contributed by atoms with van der Waals surface area (Å²) < 4.78 is 28.5. The maximum atomic E-state index is 12.1. The lowest BCUT2D eigenvalue weighted by Gasteiger charge is -2.06. The maximum absolute atomic E-state index is 12.1. The second-order valence-corrected chi connectivity index (χ2v) is 4.58. The fraction of sp³-hybridized carbons (Fsp3) is 0.500. The van der Waals surface area contributed by atoms with Gasteiger partial charge in [-0.15, -0.1) is 23.7 Å². The van der Waals surface area contributed by atoms with Gasteiger partial charge in [-0.05, 0) is 26.0 Å². The first-order chi connectivity index (χ1) is 8.04. The molecule has 0 saturated heterocycles. The molecule has 0 spiro atoms. The Kier molecular flexibility index (Phi) is 7.81. The van der Waals surface area contributed by atoms with E-state index in [2.05, 4.69) is 10.1 Å². The minimum atomic E-state index is -2.93. The number of nitrogens with one attached hydrogen (secondary N) is 1. The van der Waals surface area contributed by atoms with Gasteiger partial charge in [0.05, 0.1) is 0 Å². The fourth-order valence-corrected chi connectivity index (χ4v) is 2.08. The summed E-state index contributed by atoms with van der Waals surface area (Å²) in [5.41, 5.74) is 5.28. The third-order valence-electron chi connectivity index (χ3n) is 1.91. The topological polar surface area (TPSA) is 64.3 Å². The van der Waals surface area contributed by atoms with Crippen molar-refractivity contribution in [3.63, 3.8) is 0 Å². The summed E-state index contributed by atoms with van der Waals surface area (Å²) in [4.78, 5) is 12.6. The molecule has 3 N–H and O–H groups in total. The lowest BCUT2D eigenvalue weighted by Crippen LogP contribution is -2.25. The molecule has 0 fully saturated rings. The zero-order valence-corrected chi connectivity index (χ0v) is 11.4. The first-order valence-electron chi connectivity index (χ1n) is 5.08. The average Bonchev–Trinajstić information content (AvgIpc) is 2.58. The third kappa shape index (κ3) is 5.16. The van der Waals surface area contributed by atoms with E-state index >= 15 is 0 Å². The van der Waals surface area contributed by atoms with Crippen LogP contribution in [0.4, 0.5) is 8.78 Å². The van der Waals surface area contributed by atoms with Crippen LogP contribution in [-0.4, -0.2) is 25.6 Å². The van der Waals surface area contributed by atoms with Crippen molar-refractivity contribution >= 4 is 29.7 Å². The van der Waals surface area contributed by atoms with E-state index in [1.165, 1.54) is 6.07 Å². The molecule has 0 unspecified atom stereocenters. The fourth-order valence-electron chi connectivity index (χ4n) is 1.22. The average molecular weight is 301 g/mol. The van der Waals surface area contributed by atoms with E-state index < -0.39 is 12.5 Å². The van der Waals surface area contributed by atoms with Crippen LogP contribution in [0.1, 0.15) is 21.0 Å². The van der Waals surface area contributed by atoms with Crippen molar-refractivity contribution in [3.05, 3.63) is 15.8 Å². The molecule has 1 aromatic rings. The van der Waals surface area contributed by atoms with Crippen molar-refractivity contribution in [1.82, 2.24) is 5.32 Å². The molecule has 1 aromatic heterocycles. The molecule has 0 aliphatic rings. The predicted octanol–water partition coefficient (Wildman–Crippen LogP) is 2.16. The van der Waals surface area contributed by atoms with Crippen LogP contribution < -0.4 is 15.8 Å². The highest BCUT2D eigenvalue weighted by Gasteiger charge is 2.18. The van der Waals surface area contributed by atoms with Crippen molar-refractivity contribution in [2.24, 2.45) is 5.73 Å². The number of nitrogens with two attached hydrogens (primary N) is 1. The molecule has 18 heavy (non-hydrogen) atoms. The highest BCUT2D eigenvalue weighted by atomic mass is 35.5. The molecule has 1 rings (SSSR count). The normalized spacial score (nSPS) is 10.1. The van der Waals surface area contributed by atoms with Gasteiger partial charge in [0.1, 0.15) is 10.6 Å². The zero-order chi connectivity index (χ0) is 12.8. The highest BCUT2D eigenvalue weighted by molar-refractivity contribution is 7.14. The number of alkyl halides is 2. The maximum Gasteiger partial charge on any atom is 0.387 e. The van der Waals surface area contributed by atoms with E-state index in [0.717, 1.165) is 16.2 Å². The molecule has 0 aromatic carbocycles. The second kappa shape index (κ2) is 8.23. The largest absolute Gasteiger partial charge is 0.433 e. The zero-order valence-electron chi connectivity index (χ0n) is 9.74. The van der Waals surface area contributed by atoms with Crippen molar-refractivity contribution in [2.75, 3.05) is 13.1 Å². The monoisotopic (exact) mass is 300 g/mol. The number of halogens is 3. The van der Waals surface area contributed by atoms with Crippen LogP contribution in [0.2, 0.25) is 0 Å². The molecule has 4 nitrogen and oxygen atoms in total. The molecular weight excluding hydrogens is 286 g/mol. The van der Waals surface area contributed by atoms with E-state index in [4.69, 9.17) is 5.73 Å². The summed E-state index contributed by atoms with van der Waals surface area (Å²) in [5.74, 6) is -0.486. The number of hydrogen-bond acceptors (Lipinski definition) is 4. The summed E-state index contributed by atoms with van der Waals surface area (Å²) >= 11 is 1.12. The standard InChI is InChI=1S/C10H14F2N2O2S.ClH/c1-6-5-7(16-10(11)12)8(17-6)9(15)14-4-2-3-13;/h5,10H,2-4,13H2,1H3,(H,14,15);1H.